The first kappa shape index (κ1) is 26.2. The van der Waals surface area contributed by atoms with Gasteiger partial charge in [0, 0.05) is 29.5 Å². The Bertz CT molecular complexity index is 1690. The van der Waals surface area contributed by atoms with Crippen LogP contribution in [0.25, 0.3) is 22.3 Å². The number of carbonyl (C=O) groups is 1. The van der Waals surface area contributed by atoms with Gasteiger partial charge >= 0.3 is 5.97 Å². The standard InChI is InChI=1S/C25H22FNO8S2/c1-36(30,31)14-27-20-12-21-19(23(25(28)29)24(35-21)16-5-7-17(26)8-6-16)11-22(20)34-13-15-3-9-18(10-4-15)37(2,32)33/h3-12,27H,13-14H2,1-2H3,(H,28,29). The lowest BCUT2D eigenvalue weighted by molar-refractivity contribution is 0.0699. The predicted octanol–water partition coefficient (Wildman–Crippen LogP) is 4.33. The van der Waals surface area contributed by atoms with E-state index in [1.807, 2.05) is 0 Å². The summed E-state index contributed by atoms with van der Waals surface area (Å²) < 4.78 is 72.0. The predicted molar refractivity (Wildman–Crippen MR) is 136 cm³/mol. The second-order valence-corrected chi connectivity index (χ2v) is 12.6. The highest BCUT2D eigenvalue weighted by molar-refractivity contribution is 7.91. The Hall–Kier alpha value is -3.90. The molecule has 3 aromatic carbocycles. The van der Waals surface area contributed by atoms with E-state index >= 15 is 0 Å². The molecular weight excluding hydrogens is 525 g/mol. The summed E-state index contributed by atoms with van der Waals surface area (Å²) >= 11 is 0. The Morgan fingerprint density at radius 3 is 2.22 bits per heavy atom. The van der Waals surface area contributed by atoms with Crippen LogP contribution in [0.2, 0.25) is 0 Å². The highest BCUT2D eigenvalue weighted by Crippen LogP contribution is 2.39. The van der Waals surface area contributed by atoms with E-state index in [4.69, 9.17) is 9.15 Å². The number of anilines is 1. The fourth-order valence-electron chi connectivity index (χ4n) is 3.60. The van der Waals surface area contributed by atoms with Crippen LogP contribution in [0, 0.1) is 5.82 Å². The van der Waals surface area contributed by atoms with Crippen molar-refractivity contribution in [2.75, 3.05) is 23.7 Å². The van der Waals surface area contributed by atoms with Gasteiger partial charge in [-0.1, -0.05) is 12.1 Å². The number of hydrogen-bond donors (Lipinski definition) is 2. The average molecular weight is 548 g/mol. The maximum absolute atomic E-state index is 13.4. The van der Waals surface area contributed by atoms with Crippen LogP contribution in [0.15, 0.2) is 70.0 Å². The second-order valence-electron chi connectivity index (χ2n) is 8.41. The van der Waals surface area contributed by atoms with Crippen molar-refractivity contribution < 1.29 is 40.3 Å². The van der Waals surface area contributed by atoms with Gasteiger partial charge in [0.1, 0.15) is 41.0 Å². The van der Waals surface area contributed by atoms with Crippen molar-refractivity contribution in [1.82, 2.24) is 0 Å². The smallest absolute Gasteiger partial charge is 0.340 e. The maximum atomic E-state index is 13.4. The van der Waals surface area contributed by atoms with E-state index in [9.17, 15) is 31.1 Å². The molecule has 1 aromatic heterocycles. The Labute approximate surface area is 212 Å². The zero-order valence-corrected chi connectivity index (χ0v) is 21.3. The fraction of sp³-hybridized carbons (Fsp3) is 0.160. The summed E-state index contributed by atoms with van der Waals surface area (Å²) in [4.78, 5) is 12.3. The third-order valence-electron chi connectivity index (χ3n) is 5.38. The SMILES string of the molecule is CS(=O)(=O)CNc1cc2oc(-c3ccc(F)cc3)c(C(=O)O)c2cc1OCc1ccc(S(C)(=O)=O)cc1. The van der Waals surface area contributed by atoms with Crippen molar-refractivity contribution in [1.29, 1.82) is 0 Å². The van der Waals surface area contributed by atoms with Crippen molar-refractivity contribution in [3.8, 4) is 17.1 Å². The van der Waals surface area contributed by atoms with E-state index in [-0.39, 0.29) is 45.2 Å². The first-order valence-electron chi connectivity index (χ1n) is 10.7. The summed E-state index contributed by atoms with van der Waals surface area (Å²) in [5.41, 5.74) is 1.19. The zero-order chi connectivity index (χ0) is 27.0. The molecule has 0 saturated carbocycles. The number of benzene rings is 3. The highest BCUT2D eigenvalue weighted by atomic mass is 32.2. The molecule has 0 aliphatic rings. The fourth-order valence-corrected chi connectivity index (χ4v) is 4.65. The molecule has 0 saturated heterocycles. The quantitative estimate of drug-likeness (QED) is 0.313. The van der Waals surface area contributed by atoms with Crippen LogP contribution < -0.4 is 10.1 Å². The monoisotopic (exact) mass is 547 g/mol. The number of hydrogen-bond acceptors (Lipinski definition) is 8. The molecule has 0 atom stereocenters. The lowest BCUT2D eigenvalue weighted by Crippen LogP contribution is -2.13. The van der Waals surface area contributed by atoms with E-state index in [1.165, 1.54) is 48.5 Å². The van der Waals surface area contributed by atoms with E-state index in [2.05, 4.69) is 5.32 Å². The molecule has 4 rings (SSSR count). The minimum atomic E-state index is -3.43. The molecule has 4 aromatic rings. The summed E-state index contributed by atoms with van der Waals surface area (Å²) in [6.45, 7) is -0.0197. The third-order valence-corrected chi connectivity index (χ3v) is 7.18. The minimum Gasteiger partial charge on any atom is -0.487 e. The van der Waals surface area contributed by atoms with Gasteiger partial charge in [0.25, 0.3) is 0 Å². The number of rotatable bonds is 9. The molecule has 0 radical (unpaired) electrons. The van der Waals surface area contributed by atoms with Gasteiger partial charge in [0.05, 0.1) is 10.6 Å². The average Bonchev–Trinajstić information content (AvgIpc) is 3.19. The van der Waals surface area contributed by atoms with Gasteiger partial charge in [-0.2, -0.15) is 0 Å². The Morgan fingerprint density at radius 1 is 1.00 bits per heavy atom. The lowest BCUT2D eigenvalue weighted by atomic mass is 10.0. The normalized spacial score (nSPS) is 12.0. The van der Waals surface area contributed by atoms with Crippen molar-refractivity contribution in [2.45, 2.75) is 11.5 Å². The van der Waals surface area contributed by atoms with Crippen LogP contribution in [0.5, 0.6) is 5.75 Å². The Morgan fingerprint density at radius 2 is 1.65 bits per heavy atom. The number of nitrogens with one attached hydrogen (secondary N) is 1. The number of carboxylic acid groups (broad SMARTS) is 1. The van der Waals surface area contributed by atoms with Gasteiger partial charge in [-0.15, -0.1) is 0 Å². The molecule has 0 amide bonds. The second kappa shape index (κ2) is 9.87. The molecule has 12 heteroatoms. The van der Waals surface area contributed by atoms with Crippen molar-refractivity contribution in [2.24, 2.45) is 0 Å². The molecule has 0 bridgehead atoms. The number of sulfone groups is 2. The van der Waals surface area contributed by atoms with Gasteiger partial charge in [-0.05, 0) is 48.0 Å². The summed E-state index contributed by atoms with van der Waals surface area (Å²) in [6, 6.07) is 14.0. The van der Waals surface area contributed by atoms with E-state index < -0.39 is 37.3 Å². The molecular formula is C25H22FNO8S2. The van der Waals surface area contributed by atoms with Gasteiger partial charge in [0.2, 0.25) is 0 Å². The van der Waals surface area contributed by atoms with Gasteiger partial charge in [-0.3, -0.25) is 0 Å². The number of halogens is 1. The van der Waals surface area contributed by atoms with E-state index in [0.717, 1.165) is 12.5 Å². The molecule has 9 nitrogen and oxygen atoms in total. The summed E-state index contributed by atoms with van der Waals surface area (Å²) in [5, 5.41) is 12.9. The van der Waals surface area contributed by atoms with Gasteiger partial charge < -0.3 is 19.6 Å². The summed E-state index contributed by atoms with van der Waals surface area (Å²) in [6.07, 6.45) is 2.14. The van der Waals surface area contributed by atoms with Crippen molar-refractivity contribution >= 4 is 42.3 Å². The topological polar surface area (TPSA) is 140 Å². The molecule has 194 valence electrons. The molecule has 2 N–H and O–H groups in total. The largest absolute Gasteiger partial charge is 0.487 e. The molecule has 0 aliphatic heterocycles. The molecule has 1 heterocycles. The lowest BCUT2D eigenvalue weighted by Gasteiger charge is -2.13. The van der Waals surface area contributed by atoms with E-state index in [0.29, 0.717) is 11.1 Å². The first-order chi connectivity index (χ1) is 17.3. The number of ether oxygens (including phenoxy) is 1. The molecule has 37 heavy (non-hydrogen) atoms. The number of aromatic carboxylic acids is 1. The number of fused-ring (bicyclic) bond motifs is 1. The molecule has 0 unspecified atom stereocenters. The summed E-state index contributed by atoms with van der Waals surface area (Å²) in [7, 11) is -6.80. The van der Waals surface area contributed by atoms with Gasteiger partial charge in [-0.25, -0.2) is 26.0 Å². The maximum Gasteiger partial charge on any atom is 0.340 e. The highest BCUT2D eigenvalue weighted by Gasteiger charge is 2.24. The minimum absolute atomic E-state index is 0.00470. The third kappa shape index (κ3) is 6.09. The van der Waals surface area contributed by atoms with E-state index in [1.54, 1.807) is 12.1 Å². The van der Waals surface area contributed by atoms with Crippen molar-refractivity contribution in [3.05, 3.63) is 77.6 Å². The first-order valence-corrected chi connectivity index (χ1v) is 14.7. The number of carboxylic acids is 1. The van der Waals surface area contributed by atoms with Crippen LogP contribution in [0.4, 0.5) is 10.1 Å². The van der Waals surface area contributed by atoms with Crippen molar-refractivity contribution in [3.63, 3.8) is 0 Å². The molecule has 0 aliphatic carbocycles. The van der Waals surface area contributed by atoms with Gasteiger partial charge in [0.15, 0.2) is 19.7 Å². The summed E-state index contributed by atoms with van der Waals surface area (Å²) in [5.74, 6) is -2.04. The number of furan rings is 1. The molecule has 0 spiro atoms. The Kier molecular flexibility index (Phi) is 6.98. The van der Waals surface area contributed by atoms with Crippen LogP contribution in [0.3, 0.4) is 0 Å². The van der Waals surface area contributed by atoms with Crippen LogP contribution in [-0.4, -0.2) is 46.3 Å². The van der Waals surface area contributed by atoms with Crippen LogP contribution in [0.1, 0.15) is 15.9 Å². The molecule has 0 fully saturated rings. The van der Waals surface area contributed by atoms with Crippen LogP contribution >= 0.6 is 0 Å². The van der Waals surface area contributed by atoms with Crippen LogP contribution in [-0.2, 0) is 26.3 Å². The Balaban J connectivity index is 1.77. The zero-order valence-electron chi connectivity index (χ0n) is 19.7.